The van der Waals surface area contributed by atoms with Gasteiger partial charge < -0.3 is 26.3 Å². The zero-order valence-electron chi connectivity index (χ0n) is 13.6. The molecule has 0 aliphatic carbocycles. The molecule has 0 radical (unpaired) electrons. The predicted molar refractivity (Wildman–Crippen MR) is 92.2 cm³/mol. The largest absolute Gasteiger partial charge is 0.397 e. The molecule has 2 amide bonds. The van der Waals surface area contributed by atoms with Crippen molar-refractivity contribution >= 4 is 29.1 Å². The lowest BCUT2D eigenvalue weighted by molar-refractivity contribution is 0.101. The van der Waals surface area contributed by atoms with Crippen molar-refractivity contribution in [1.82, 2.24) is 14.0 Å². The molecule has 0 spiro atoms. The number of nitrogens with zero attached hydrogens (tertiary/aromatic N) is 3. The Morgan fingerprint density at radius 2 is 2.08 bits per heavy atom. The number of nitrogens with one attached hydrogen (secondary N) is 2. The number of nitrogen functional groups attached to an aromatic ring is 1. The SMILES string of the molecule is CN(CCC(=N)N)C(=O)n1ccc(NC(=O)c2cc(N)cn2C)c1. The number of amides is 2. The van der Waals surface area contributed by atoms with Crippen LogP contribution in [0.2, 0.25) is 0 Å². The van der Waals surface area contributed by atoms with E-state index in [0.29, 0.717) is 30.0 Å². The van der Waals surface area contributed by atoms with Gasteiger partial charge in [0.1, 0.15) is 5.69 Å². The van der Waals surface area contributed by atoms with Crippen LogP contribution in [0.1, 0.15) is 16.9 Å². The molecule has 2 rings (SSSR count). The van der Waals surface area contributed by atoms with Gasteiger partial charge in [-0.1, -0.05) is 0 Å². The third kappa shape index (κ3) is 3.94. The highest BCUT2D eigenvalue weighted by Crippen LogP contribution is 2.14. The predicted octanol–water partition coefficient (Wildman–Crippen LogP) is 0.887. The number of anilines is 2. The van der Waals surface area contributed by atoms with Crippen molar-refractivity contribution in [3.05, 3.63) is 36.4 Å². The van der Waals surface area contributed by atoms with E-state index >= 15 is 0 Å². The highest BCUT2D eigenvalue weighted by molar-refractivity contribution is 6.04. The summed E-state index contributed by atoms with van der Waals surface area (Å²) < 4.78 is 2.98. The van der Waals surface area contributed by atoms with Crippen molar-refractivity contribution in [3.63, 3.8) is 0 Å². The molecule has 0 saturated carbocycles. The fourth-order valence-corrected chi connectivity index (χ4v) is 2.18. The summed E-state index contributed by atoms with van der Waals surface area (Å²) in [5.41, 5.74) is 12.4. The van der Waals surface area contributed by atoms with E-state index in [-0.39, 0.29) is 17.8 Å². The normalized spacial score (nSPS) is 10.4. The van der Waals surface area contributed by atoms with Crippen LogP contribution in [-0.4, -0.2) is 45.4 Å². The number of nitrogens with two attached hydrogens (primary N) is 2. The Hall–Kier alpha value is -3.23. The summed E-state index contributed by atoms with van der Waals surface area (Å²) in [6.45, 7) is 0.344. The summed E-state index contributed by atoms with van der Waals surface area (Å²) in [6.07, 6.45) is 5.04. The minimum Gasteiger partial charge on any atom is -0.397 e. The molecule has 0 aromatic carbocycles. The number of aryl methyl sites for hydroxylation is 1. The Morgan fingerprint density at radius 3 is 2.67 bits per heavy atom. The zero-order chi connectivity index (χ0) is 17.9. The second-order valence-corrected chi connectivity index (χ2v) is 5.51. The third-order valence-electron chi connectivity index (χ3n) is 3.47. The summed E-state index contributed by atoms with van der Waals surface area (Å²) in [5.74, 6) is -0.290. The standard InChI is InChI=1S/C15H21N7O2/c1-20(5-4-13(17)18)15(24)22-6-3-11(9-22)19-14(23)12-7-10(16)8-21(12)2/h3,6-9H,4-5,16H2,1-2H3,(H3,17,18)(H,19,23). The maximum Gasteiger partial charge on any atom is 0.327 e. The van der Waals surface area contributed by atoms with Gasteiger partial charge in [-0.3, -0.25) is 14.8 Å². The van der Waals surface area contributed by atoms with Gasteiger partial charge in [-0.25, -0.2) is 4.79 Å². The monoisotopic (exact) mass is 331 g/mol. The van der Waals surface area contributed by atoms with E-state index in [1.807, 2.05) is 0 Å². The van der Waals surface area contributed by atoms with Crippen LogP contribution >= 0.6 is 0 Å². The van der Waals surface area contributed by atoms with E-state index in [9.17, 15) is 9.59 Å². The van der Waals surface area contributed by atoms with Gasteiger partial charge in [0.15, 0.2) is 0 Å². The second kappa shape index (κ2) is 6.90. The molecule has 0 unspecified atom stereocenters. The number of hydrogen-bond acceptors (Lipinski definition) is 4. The molecule has 128 valence electrons. The molecule has 0 fully saturated rings. The van der Waals surface area contributed by atoms with Gasteiger partial charge in [0.05, 0.1) is 17.2 Å². The molecule has 0 aliphatic rings. The van der Waals surface area contributed by atoms with Crippen molar-refractivity contribution in [2.75, 3.05) is 24.6 Å². The van der Waals surface area contributed by atoms with Gasteiger partial charge in [-0.05, 0) is 12.1 Å². The smallest absolute Gasteiger partial charge is 0.327 e. The molecule has 9 nitrogen and oxygen atoms in total. The van der Waals surface area contributed by atoms with E-state index in [4.69, 9.17) is 16.9 Å². The molecule has 0 saturated heterocycles. The van der Waals surface area contributed by atoms with E-state index in [1.165, 1.54) is 15.7 Å². The first-order chi connectivity index (χ1) is 11.3. The number of aromatic nitrogens is 2. The second-order valence-electron chi connectivity index (χ2n) is 5.51. The van der Waals surface area contributed by atoms with Gasteiger partial charge in [-0.15, -0.1) is 0 Å². The quantitative estimate of drug-likeness (QED) is 0.478. The van der Waals surface area contributed by atoms with Crippen LogP contribution in [-0.2, 0) is 7.05 Å². The average molecular weight is 331 g/mol. The molecule has 0 aliphatic heterocycles. The Morgan fingerprint density at radius 1 is 1.38 bits per heavy atom. The molecule has 2 heterocycles. The molecule has 24 heavy (non-hydrogen) atoms. The highest BCUT2D eigenvalue weighted by atomic mass is 16.2. The lowest BCUT2D eigenvalue weighted by Crippen LogP contribution is -2.33. The first-order valence-corrected chi connectivity index (χ1v) is 7.27. The Balaban J connectivity index is 2.02. The van der Waals surface area contributed by atoms with Crippen molar-refractivity contribution < 1.29 is 9.59 Å². The number of hydrogen-bond donors (Lipinski definition) is 4. The fourth-order valence-electron chi connectivity index (χ4n) is 2.18. The first kappa shape index (κ1) is 17.1. The van der Waals surface area contributed by atoms with Gasteiger partial charge in [0.25, 0.3) is 5.91 Å². The molecule has 9 heteroatoms. The molecule has 0 atom stereocenters. The van der Waals surface area contributed by atoms with Crippen LogP contribution in [0.4, 0.5) is 16.2 Å². The Kier molecular flexibility index (Phi) is 4.93. The molecule has 2 aromatic heterocycles. The van der Waals surface area contributed by atoms with Crippen LogP contribution in [0.3, 0.4) is 0 Å². The van der Waals surface area contributed by atoms with Crippen molar-refractivity contribution in [3.8, 4) is 0 Å². The Labute approximate surface area is 139 Å². The van der Waals surface area contributed by atoms with Crippen LogP contribution in [0.25, 0.3) is 0 Å². The van der Waals surface area contributed by atoms with Crippen molar-refractivity contribution in [2.24, 2.45) is 12.8 Å². The van der Waals surface area contributed by atoms with Gasteiger partial charge in [0, 0.05) is 45.7 Å². The summed E-state index contributed by atoms with van der Waals surface area (Å²) in [4.78, 5) is 25.9. The number of amidine groups is 1. The average Bonchev–Trinajstić information content (AvgIpc) is 3.10. The van der Waals surface area contributed by atoms with Gasteiger partial charge >= 0.3 is 6.03 Å². The van der Waals surface area contributed by atoms with Crippen LogP contribution < -0.4 is 16.8 Å². The van der Waals surface area contributed by atoms with E-state index in [0.717, 1.165) is 0 Å². The topological polar surface area (TPSA) is 135 Å². The summed E-state index contributed by atoms with van der Waals surface area (Å²) in [7, 11) is 3.35. The first-order valence-electron chi connectivity index (χ1n) is 7.27. The maximum atomic E-state index is 12.2. The number of carbonyl (C=O) groups is 2. The summed E-state index contributed by atoms with van der Waals surface area (Å²) in [6, 6.07) is 2.92. The van der Waals surface area contributed by atoms with E-state index in [2.05, 4.69) is 5.32 Å². The Bertz CT molecular complexity index is 775. The van der Waals surface area contributed by atoms with Crippen molar-refractivity contribution in [2.45, 2.75) is 6.42 Å². The third-order valence-corrected chi connectivity index (χ3v) is 3.47. The number of rotatable bonds is 5. The summed E-state index contributed by atoms with van der Waals surface area (Å²) >= 11 is 0. The molecule has 6 N–H and O–H groups in total. The molecular weight excluding hydrogens is 310 g/mol. The maximum absolute atomic E-state index is 12.2. The minimum absolute atomic E-state index is 0.0250. The number of carbonyl (C=O) groups excluding carboxylic acids is 2. The van der Waals surface area contributed by atoms with E-state index < -0.39 is 0 Å². The fraction of sp³-hybridized carbons (Fsp3) is 0.267. The van der Waals surface area contributed by atoms with Gasteiger partial charge in [0.2, 0.25) is 0 Å². The molecule has 0 bridgehead atoms. The lowest BCUT2D eigenvalue weighted by atomic mass is 10.3. The molecular formula is C15H21N7O2. The van der Waals surface area contributed by atoms with E-state index in [1.54, 1.807) is 43.2 Å². The van der Waals surface area contributed by atoms with Gasteiger partial charge in [-0.2, -0.15) is 0 Å². The molecule has 2 aromatic rings. The van der Waals surface area contributed by atoms with Crippen LogP contribution in [0, 0.1) is 5.41 Å². The lowest BCUT2D eigenvalue weighted by Gasteiger charge is -2.16. The van der Waals surface area contributed by atoms with Crippen molar-refractivity contribution in [1.29, 1.82) is 5.41 Å². The highest BCUT2D eigenvalue weighted by Gasteiger charge is 2.14. The van der Waals surface area contributed by atoms with Crippen LogP contribution in [0.15, 0.2) is 30.7 Å². The minimum atomic E-state index is -0.315. The summed E-state index contributed by atoms with van der Waals surface area (Å²) in [5, 5.41) is 9.91. The van der Waals surface area contributed by atoms with Crippen LogP contribution in [0.5, 0.6) is 0 Å². The zero-order valence-corrected chi connectivity index (χ0v) is 13.6.